The van der Waals surface area contributed by atoms with Crippen molar-refractivity contribution in [3.8, 4) is 11.3 Å². The highest BCUT2D eigenvalue weighted by molar-refractivity contribution is 6.30. The predicted octanol–water partition coefficient (Wildman–Crippen LogP) is 4.14. The normalized spacial score (nSPS) is 21.6. The summed E-state index contributed by atoms with van der Waals surface area (Å²) in [6.45, 7) is 1.90. The summed E-state index contributed by atoms with van der Waals surface area (Å²) in [4.78, 5) is 11.4. The van der Waals surface area contributed by atoms with Gasteiger partial charge in [-0.2, -0.15) is 0 Å². The Labute approximate surface area is 127 Å². The minimum Gasteiger partial charge on any atom is -0.481 e. The molecule has 21 heavy (non-hydrogen) atoms. The van der Waals surface area contributed by atoms with E-state index >= 15 is 0 Å². The molecule has 0 spiro atoms. The molecule has 5 heteroatoms. The van der Waals surface area contributed by atoms with Gasteiger partial charge in [-0.25, -0.2) is 0 Å². The van der Waals surface area contributed by atoms with E-state index in [-0.39, 0.29) is 5.92 Å². The van der Waals surface area contributed by atoms with Crippen LogP contribution in [0.25, 0.3) is 11.3 Å². The van der Waals surface area contributed by atoms with Crippen LogP contribution in [0.5, 0.6) is 0 Å². The van der Waals surface area contributed by atoms with E-state index in [9.17, 15) is 9.90 Å². The number of aliphatic carboxylic acids is 1. The lowest BCUT2D eigenvalue weighted by molar-refractivity contribution is -0.142. The molecule has 1 aliphatic carbocycles. The molecule has 0 aliphatic heterocycles. The van der Waals surface area contributed by atoms with Gasteiger partial charge in [0.25, 0.3) is 0 Å². The van der Waals surface area contributed by atoms with Crippen LogP contribution in [0.2, 0.25) is 5.02 Å². The molecule has 4 nitrogen and oxygen atoms in total. The third kappa shape index (κ3) is 2.56. The van der Waals surface area contributed by atoms with Gasteiger partial charge in [0.2, 0.25) is 0 Å². The Bertz CT molecular complexity index is 663. The summed E-state index contributed by atoms with van der Waals surface area (Å²) in [5.41, 5.74) is 2.79. The number of carboxylic acid groups (broad SMARTS) is 1. The number of hydrogen-bond acceptors (Lipinski definition) is 3. The molecule has 0 bridgehead atoms. The number of nitrogens with zero attached hydrogens (tertiary/aromatic N) is 1. The summed E-state index contributed by atoms with van der Waals surface area (Å²) in [5.74, 6) is -0.615. The number of halogens is 1. The Morgan fingerprint density at radius 1 is 1.38 bits per heavy atom. The number of carboxylic acids is 1. The first-order chi connectivity index (χ1) is 10.1. The Morgan fingerprint density at radius 2 is 2.10 bits per heavy atom. The van der Waals surface area contributed by atoms with E-state index in [1.54, 1.807) is 0 Å². The highest BCUT2D eigenvalue weighted by Crippen LogP contribution is 2.39. The van der Waals surface area contributed by atoms with Crippen molar-refractivity contribution < 1.29 is 14.4 Å². The number of rotatable bonds is 2. The zero-order valence-electron chi connectivity index (χ0n) is 11.7. The minimum absolute atomic E-state index is 0.159. The van der Waals surface area contributed by atoms with Crippen molar-refractivity contribution in [2.75, 3.05) is 0 Å². The van der Waals surface area contributed by atoms with Gasteiger partial charge < -0.3 is 9.63 Å². The lowest BCUT2D eigenvalue weighted by Crippen LogP contribution is -2.19. The zero-order chi connectivity index (χ0) is 15.0. The van der Waals surface area contributed by atoms with E-state index in [0.29, 0.717) is 17.2 Å². The number of carbonyl (C=O) groups is 1. The van der Waals surface area contributed by atoms with Gasteiger partial charge in [0, 0.05) is 22.1 Å². The molecule has 0 saturated heterocycles. The first kappa shape index (κ1) is 14.1. The molecule has 1 aromatic heterocycles. The highest BCUT2D eigenvalue weighted by atomic mass is 35.5. The molecule has 0 saturated carbocycles. The summed E-state index contributed by atoms with van der Waals surface area (Å²) in [6.07, 6.45) is 2.29. The summed E-state index contributed by atoms with van der Waals surface area (Å²) < 4.78 is 5.50. The molecule has 2 atom stereocenters. The zero-order valence-corrected chi connectivity index (χ0v) is 12.4. The maximum absolute atomic E-state index is 11.4. The van der Waals surface area contributed by atoms with Gasteiger partial charge in [-0.3, -0.25) is 4.79 Å². The summed E-state index contributed by atoms with van der Waals surface area (Å²) in [7, 11) is 0. The standard InChI is InChI=1S/C16H16ClNO3/c1-9-12(16(19)20)3-2-4-13-14(18-21-15(9)13)10-5-7-11(17)8-6-10/h5-9,12H,2-4H2,1H3,(H,19,20)/t9-,12+/m1/s1. The summed E-state index contributed by atoms with van der Waals surface area (Å²) in [5, 5.41) is 14.2. The van der Waals surface area contributed by atoms with E-state index in [1.165, 1.54) is 0 Å². The second-order valence-corrected chi connectivity index (χ2v) is 5.94. The topological polar surface area (TPSA) is 63.3 Å². The third-order valence-electron chi connectivity index (χ3n) is 4.21. The minimum atomic E-state index is -0.764. The fourth-order valence-corrected chi connectivity index (χ4v) is 3.15. The molecule has 110 valence electrons. The van der Waals surface area contributed by atoms with Crippen LogP contribution in [0.4, 0.5) is 0 Å². The molecule has 1 aliphatic rings. The van der Waals surface area contributed by atoms with Crippen LogP contribution in [0.1, 0.15) is 37.0 Å². The van der Waals surface area contributed by atoms with Gasteiger partial charge in [0.05, 0.1) is 5.92 Å². The van der Waals surface area contributed by atoms with Crippen LogP contribution in [0, 0.1) is 5.92 Å². The molecule has 1 heterocycles. The van der Waals surface area contributed by atoms with Crippen molar-refractivity contribution in [3.05, 3.63) is 40.6 Å². The molecule has 0 amide bonds. The van der Waals surface area contributed by atoms with Gasteiger partial charge in [0.1, 0.15) is 11.5 Å². The number of fused-ring (bicyclic) bond motifs is 1. The van der Waals surface area contributed by atoms with Crippen molar-refractivity contribution in [2.24, 2.45) is 5.92 Å². The molecule has 0 radical (unpaired) electrons. The van der Waals surface area contributed by atoms with Crippen LogP contribution < -0.4 is 0 Å². The molecule has 1 aromatic carbocycles. The van der Waals surface area contributed by atoms with Crippen LogP contribution in [0.15, 0.2) is 28.8 Å². The highest BCUT2D eigenvalue weighted by Gasteiger charge is 2.34. The second-order valence-electron chi connectivity index (χ2n) is 5.51. The Morgan fingerprint density at radius 3 is 2.76 bits per heavy atom. The molecular weight excluding hydrogens is 290 g/mol. The molecule has 2 aromatic rings. The maximum Gasteiger partial charge on any atom is 0.307 e. The summed E-state index contributed by atoms with van der Waals surface area (Å²) >= 11 is 5.91. The van der Waals surface area contributed by atoms with Gasteiger partial charge >= 0.3 is 5.97 Å². The van der Waals surface area contributed by atoms with E-state index < -0.39 is 11.9 Å². The number of hydrogen-bond donors (Lipinski definition) is 1. The maximum atomic E-state index is 11.4. The average molecular weight is 306 g/mol. The van der Waals surface area contributed by atoms with Crippen molar-refractivity contribution >= 4 is 17.6 Å². The smallest absolute Gasteiger partial charge is 0.307 e. The molecule has 3 rings (SSSR count). The second kappa shape index (κ2) is 5.53. The SMILES string of the molecule is C[C@H]1c2onc(-c3ccc(Cl)cc3)c2CCC[C@@H]1C(=O)O. The average Bonchev–Trinajstić information content (AvgIpc) is 2.80. The van der Waals surface area contributed by atoms with Gasteiger partial charge in [0.15, 0.2) is 0 Å². The van der Waals surface area contributed by atoms with Gasteiger partial charge in [-0.15, -0.1) is 0 Å². The first-order valence-corrected chi connectivity index (χ1v) is 7.43. The fourth-order valence-electron chi connectivity index (χ4n) is 3.02. The van der Waals surface area contributed by atoms with Crippen molar-refractivity contribution in [2.45, 2.75) is 32.1 Å². The van der Waals surface area contributed by atoms with Crippen LogP contribution in [-0.2, 0) is 11.2 Å². The Hall–Kier alpha value is -1.81. The summed E-state index contributed by atoms with van der Waals surface area (Å²) in [6, 6.07) is 7.45. The largest absolute Gasteiger partial charge is 0.481 e. The monoisotopic (exact) mass is 305 g/mol. The van der Waals surface area contributed by atoms with Crippen LogP contribution in [0.3, 0.4) is 0 Å². The van der Waals surface area contributed by atoms with E-state index in [1.807, 2.05) is 31.2 Å². The lowest BCUT2D eigenvalue weighted by Gasteiger charge is -2.14. The molecular formula is C16H16ClNO3. The third-order valence-corrected chi connectivity index (χ3v) is 4.46. The first-order valence-electron chi connectivity index (χ1n) is 7.05. The van der Waals surface area contributed by atoms with Crippen molar-refractivity contribution in [1.82, 2.24) is 5.16 Å². The van der Waals surface area contributed by atoms with E-state index in [0.717, 1.165) is 29.7 Å². The van der Waals surface area contributed by atoms with Gasteiger partial charge in [-0.05, 0) is 31.4 Å². The molecule has 0 unspecified atom stereocenters. The van der Waals surface area contributed by atoms with Crippen LogP contribution in [-0.4, -0.2) is 16.2 Å². The Balaban J connectivity index is 2.03. The predicted molar refractivity (Wildman–Crippen MR) is 79.4 cm³/mol. The van der Waals surface area contributed by atoms with Crippen molar-refractivity contribution in [3.63, 3.8) is 0 Å². The van der Waals surface area contributed by atoms with Crippen molar-refractivity contribution in [1.29, 1.82) is 0 Å². The van der Waals surface area contributed by atoms with E-state index in [2.05, 4.69) is 5.16 Å². The van der Waals surface area contributed by atoms with Crippen LogP contribution >= 0.6 is 11.6 Å². The molecule has 1 N–H and O–H groups in total. The quantitative estimate of drug-likeness (QED) is 0.847. The molecule has 0 fully saturated rings. The fraction of sp³-hybridized carbons (Fsp3) is 0.375. The lowest BCUT2D eigenvalue weighted by atomic mass is 9.89. The van der Waals surface area contributed by atoms with E-state index in [4.69, 9.17) is 16.1 Å². The number of benzene rings is 1. The Kier molecular flexibility index (Phi) is 3.72. The number of aromatic nitrogens is 1. The van der Waals surface area contributed by atoms with Gasteiger partial charge in [-0.1, -0.05) is 35.8 Å².